The van der Waals surface area contributed by atoms with Gasteiger partial charge in [-0.25, -0.2) is 0 Å². The number of carbonyl (C=O) groups excluding carboxylic acids is 1. The quantitative estimate of drug-likeness (QED) is 0.667. The number of amides is 1. The van der Waals surface area contributed by atoms with E-state index >= 15 is 0 Å². The summed E-state index contributed by atoms with van der Waals surface area (Å²) in [5.41, 5.74) is 6.71. The van der Waals surface area contributed by atoms with E-state index in [1.807, 2.05) is 42.2 Å². The first kappa shape index (κ1) is 16.7. The fraction of sp³-hybridized carbons (Fsp3) is 0.562. The van der Waals surface area contributed by atoms with E-state index < -0.39 is 0 Å². The molecule has 4 nitrogen and oxygen atoms in total. The number of benzene rings is 1. The molecule has 0 aliphatic heterocycles. The highest BCUT2D eigenvalue weighted by Gasteiger charge is 2.13. The van der Waals surface area contributed by atoms with Crippen LogP contribution in [0.25, 0.3) is 0 Å². The molecule has 0 fully saturated rings. The molecule has 0 saturated carbocycles. The van der Waals surface area contributed by atoms with Crippen molar-refractivity contribution in [3.05, 3.63) is 35.9 Å². The van der Waals surface area contributed by atoms with E-state index in [9.17, 15) is 4.79 Å². The minimum Gasteiger partial charge on any atom is -0.382 e. The predicted molar refractivity (Wildman–Crippen MR) is 81.3 cm³/mol. The van der Waals surface area contributed by atoms with Crippen LogP contribution in [0.1, 0.15) is 31.7 Å². The highest BCUT2D eigenvalue weighted by Crippen LogP contribution is 2.08. The van der Waals surface area contributed by atoms with Gasteiger partial charge in [0.25, 0.3) is 0 Å². The van der Waals surface area contributed by atoms with Gasteiger partial charge in [-0.1, -0.05) is 30.3 Å². The largest absolute Gasteiger partial charge is 0.382 e. The van der Waals surface area contributed by atoms with Crippen molar-refractivity contribution in [1.82, 2.24) is 4.90 Å². The zero-order valence-electron chi connectivity index (χ0n) is 12.4. The first-order chi connectivity index (χ1) is 9.77. The smallest absolute Gasteiger partial charge is 0.222 e. The molecular weight excluding hydrogens is 252 g/mol. The summed E-state index contributed by atoms with van der Waals surface area (Å²) in [6.07, 6.45) is 2.15. The first-order valence-corrected chi connectivity index (χ1v) is 7.37. The van der Waals surface area contributed by atoms with E-state index in [1.54, 1.807) is 0 Å². The number of ether oxygens (including phenoxy) is 1. The molecule has 1 aromatic carbocycles. The molecule has 0 spiro atoms. The van der Waals surface area contributed by atoms with Crippen LogP contribution in [0.15, 0.2) is 30.3 Å². The molecule has 0 bridgehead atoms. The molecule has 112 valence electrons. The molecule has 20 heavy (non-hydrogen) atoms. The molecule has 1 rings (SSSR count). The van der Waals surface area contributed by atoms with Crippen molar-refractivity contribution in [3.8, 4) is 0 Å². The lowest BCUT2D eigenvalue weighted by Gasteiger charge is -2.22. The molecule has 2 N–H and O–H groups in total. The first-order valence-electron chi connectivity index (χ1n) is 7.37. The molecule has 0 radical (unpaired) electrons. The van der Waals surface area contributed by atoms with Crippen LogP contribution in [0.5, 0.6) is 0 Å². The molecule has 0 saturated heterocycles. The fourth-order valence-electron chi connectivity index (χ4n) is 2.01. The number of hydrogen-bond acceptors (Lipinski definition) is 3. The maximum Gasteiger partial charge on any atom is 0.222 e. The Hall–Kier alpha value is -1.39. The summed E-state index contributed by atoms with van der Waals surface area (Å²) < 4.78 is 5.27. The molecule has 0 aliphatic rings. The molecule has 0 unspecified atom stereocenters. The Morgan fingerprint density at radius 2 is 2.00 bits per heavy atom. The summed E-state index contributed by atoms with van der Waals surface area (Å²) in [5.74, 6) is 0.182. The minimum absolute atomic E-state index is 0.182. The second kappa shape index (κ2) is 10.4. The highest BCUT2D eigenvalue weighted by molar-refractivity contribution is 5.76. The van der Waals surface area contributed by atoms with Gasteiger partial charge in [0.2, 0.25) is 5.91 Å². The lowest BCUT2D eigenvalue weighted by Crippen LogP contribution is -2.32. The summed E-state index contributed by atoms with van der Waals surface area (Å²) in [4.78, 5) is 14.1. The Morgan fingerprint density at radius 1 is 1.25 bits per heavy atom. The van der Waals surface area contributed by atoms with Gasteiger partial charge < -0.3 is 15.4 Å². The third kappa shape index (κ3) is 6.68. The third-order valence-corrected chi connectivity index (χ3v) is 3.08. The van der Waals surface area contributed by atoms with Crippen molar-refractivity contribution in [2.75, 3.05) is 26.3 Å². The summed E-state index contributed by atoms with van der Waals surface area (Å²) in [6.45, 7) is 5.31. The summed E-state index contributed by atoms with van der Waals surface area (Å²) in [5, 5.41) is 0. The van der Waals surface area contributed by atoms with E-state index in [4.69, 9.17) is 10.5 Å². The Labute approximate surface area is 121 Å². The average molecular weight is 278 g/mol. The maximum atomic E-state index is 12.2. The lowest BCUT2D eigenvalue weighted by molar-refractivity contribution is -0.132. The maximum absolute atomic E-state index is 12.2. The van der Waals surface area contributed by atoms with E-state index in [0.717, 1.165) is 24.9 Å². The van der Waals surface area contributed by atoms with E-state index in [-0.39, 0.29) is 5.91 Å². The molecule has 0 aliphatic carbocycles. The molecule has 0 atom stereocenters. The second-order valence-electron chi connectivity index (χ2n) is 4.74. The zero-order valence-corrected chi connectivity index (χ0v) is 12.4. The Morgan fingerprint density at radius 3 is 2.65 bits per heavy atom. The number of hydrogen-bond donors (Lipinski definition) is 1. The average Bonchev–Trinajstić information content (AvgIpc) is 2.48. The van der Waals surface area contributed by atoms with Gasteiger partial charge in [-0.2, -0.15) is 0 Å². The van der Waals surface area contributed by atoms with Crippen LogP contribution in [0.2, 0.25) is 0 Å². The van der Waals surface area contributed by atoms with Crippen LogP contribution in [-0.4, -0.2) is 37.1 Å². The van der Waals surface area contributed by atoms with Gasteiger partial charge in [-0.15, -0.1) is 0 Å². The van der Waals surface area contributed by atoms with Crippen molar-refractivity contribution in [3.63, 3.8) is 0 Å². The predicted octanol–water partition coefficient (Wildman–Crippen LogP) is 2.18. The second-order valence-corrected chi connectivity index (χ2v) is 4.74. The van der Waals surface area contributed by atoms with E-state index in [1.165, 1.54) is 0 Å². The Bertz CT molecular complexity index is 368. The number of nitrogens with zero attached hydrogens (tertiary/aromatic N) is 1. The molecule has 1 amide bonds. The van der Waals surface area contributed by atoms with Crippen LogP contribution in [0, 0.1) is 0 Å². The fourth-order valence-corrected chi connectivity index (χ4v) is 2.01. The minimum atomic E-state index is 0.182. The number of rotatable bonds is 10. The van der Waals surface area contributed by atoms with Gasteiger partial charge in [0.15, 0.2) is 0 Å². The summed E-state index contributed by atoms with van der Waals surface area (Å²) in [7, 11) is 0. The van der Waals surface area contributed by atoms with Crippen molar-refractivity contribution in [1.29, 1.82) is 0 Å². The molecule has 1 aromatic rings. The van der Waals surface area contributed by atoms with E-state index in [0.29, 0.717) is 32.7 Å². The van der Waals surface area contributed by atoms with Crippen LogP contribution in [0.3, 0.4) is 0 Å². The molecule has 0 aromatic heterocycles. The van der Waals surface area contributed by atoms with Crippen LogP contribution >= 0.6 is 0 Å². The highest BCUT2D eigenvalue weighted by atomic mass is 16.5. The van der Waals surface area contributed by atoms with Gasteiger partial charge in [-0.3, -0.25) is 4.79 Å². The molecular formula is C16H26N2O2. The molecule has 0 heterocycles. The van der Waals surface area contributed by atoms with Crippen molar-refractivity contribution >= 4 is 5.91 Å². The number of carbonyl (C=O) groups is 1. The topological polar surface area (TPSA) is 55.6 Å². The van der Waals surface area contributed by atoms with Gasteiger partial charge in [0.1, 0.15) is 0 Å². The summed E-state index contributed by atoms with van der Waals surface area (Å²) in [6, 6.07) is 10.1. The van der Waals surface area contributed by atoms with Crippen LogP contribution < -0.4 is 5.73 Å². The van der Waals surface area contributed by atoms with Crippen molar-refractivity contribution < 1.29 is 9.53 Å². The molecule has 4 heteroatoms. The third-order valence-electron chi connectivity index (χ3n) is 3.08. The van der Waals surface area contributed by atoms with Gasteiger partial charge in [-0.05, 0) is 31.9 Å². The Kier molecular flexibility index (Phi) is 8.67. The SMILES string of the molecule is CCOCCCC(=O)N(CCCN)Cc1ccccc1. The monoisotopic (exact) mass is 278 g/mol. The van der Waals surface area contributed by atoms with Gasteiger partial charge >= 0.3 is 0 Å². The van der Waals surface area contributed by atoms with Crippen molar-refractivity contribution in [2.45, 2.75) is 32.7 Å². The normalized spacial score (nSPS) is 10.5. The number of nitrogens with two attached hydrogens (primary N) is 1. The standard InChI is InChI=1S/C16H26N2O2/c1-2-20-13-6-10-16(19)18(12-7-11-17)14-15-8-4-3-5-9-15/h3-5,8-9H,2,6-7,10-14,17H2,1H3. The lowest BCUT2D eigenvalue weighted by atomic mass is 10.2. The van der Waals surface area contributed by atoms with Crippen LogP contribution in [-0.2, 0) is 16.1 Å². The van der Waals surface area contributed by atoms with Gasteiger partial charge in [0, 0.05) is 32.7 Å². The van der Waals surface area contributed by atoms with Gasteiger partial charge in [0.05, 0.1) is 0 Å². The van der Waals surface area contributed by atoms with Crippen molar-refractivity contribution in [2.24, 2.45) is 5.73 Å². The zero-order chi connectivity index (χ0) is 14.6. The summed E-state index contributed by atoms with van der Waals surface area (Å²) >= 11 is 0. The Balaban J connectivity index is 2.47. The van der Waals surface area contributed by atoms with Crippen LogP contribution in [0.4, 0.5) is 0 Å². The van der Waals surface area contributed by atoms with E-state index in [2.05, 4.69) is 0 Å².